The SMILES string of the molecule is COc1ccc(C(=O)N2CCC(c3nn4c(C)nnc4s3)CC2)cc1OC. The van der Waals surface area contributed by atoms with Crippen LogP contribution in [0.2, 0.25) is 0 Å². The van der Waals surface area contributed by atoms with Crippen LogP contribution in [0.1, 0.15) is 39.9 Å². The molecule has 4 rings (SSSR count). The maximum atomic E-state index is 12.8. The number of methoxy groups -OCH3 is 2. The topological polar surface area (TPSA) is 81.9 Å². The summed E-state index contributed by atoms with van der Waals surface area (Å²) in [5.41, 5.74) is 0.612. The summed E-state index contributed by atoms with van der Waals surface area (Å²) in [6.45, 7) is 3.31. The first-order valence-electron chi connectivity index (χ1n) is 8.80. The molecule has 3 heterocycles. The molecule has 0 N–H and O–H groups in total. The zero-order valence-electron chi connectivity index (χ0n) is 15.5. The molecule has 0 aliphatic carbocycles. The number of likely N-dealkylation sites (tertiary alicyclic amines) is 1. The van der Waals surface area contributed by atoms with E-state index in [-0.39, 0.29) is 5.91 Å². The number of rotatable bonds is 4. The highest BCUT2D eigenvalue weighted by Gasteiger charge is 2.27. The standard InChI is InChI=1S/C18H21N5O3S/c1-11-19-20-18-23(11)21-16(27-18)12-6-8-22(9-7-12)17(24)13-4-5-14(25-2)15(10-13)26-3/h4-5,10,12H,6-9H2,1-3H3. The number of carbonyl (C=O) groups excluding carboxylic acids is 1. The number of hydrogen-bond acceptors (Lipinski definition) is 7. The highest BCUT2D eigenvalue weighted by molar-refractivity contribution is 7.16. The molecule has 0 radical (unpaired) electrons. The Bertz CT molecular complexity index is 975. The Balaban J connectivity index is 1.44. The van der Waals surface area contributed by atoms with E-state index in [1.165, 1.54) is 0 Å². The van der Waals surface area contributed by atoms with E-state index in [9.17, 15) is 4.79 Å². The molecule has 0 saturated carbocycles. The number of aromatic nitrogens is 4. The lowest BCUT2D eigenvalue weighted by molar-refractivity contribution is 0.0712. The van der Waals surface area contributed by atoms with Crippen molar-refractivity contribution >= 4 is 22.2 Å². The quantitative estimate of drug-likeness (QED) is 0.684. The van der Waals surface area contributed by atoms with Gasteiger partial charge in [-0.25, -0.2) is 0 Å². The van der Waals surface area contributed by atoms with Crippen LogP contribution in [0.4, 0.5) is 0 Å². The Hall–Kier alpha value is -2.68. The number of ether oxygens (including phenoxy) is 2. The van der Waals surface area contributed by atoms with Crippen LogP contribution >= 0.6 is 11.3 Å². The summed E-state index contributed by atoms with van der Waals surface area (Å²) in [4.78, 5) is 15.6. The van der Waals surface area contributed by atoms with Gasteiger partial charge in [-0.2, -0.15) is 9.61 Å². The molecule has 3 aromatic rings. The molecule has 27 heavy (non-hydrogen) atoms. The summed E-state index contributed by atoms with van der Waals surface area (Å²) in [7, 11) is 3.15. The molecule has 2 aromatic heterocycles. The van der Waals surface area contributed by atoms with Crippen LogP contribution in [-0.4, -0.2) is 57.9 Å². The summed E-state index contributed by atoms with van der Waals surface area (Å²) in [6, 6.07) is 5.28. The first kappa shape index (κ1) is 17.7. The molecule has 1 amide bonds. The molecule has 1 aliphatic heterocycles. The van der Waals surface area contributed by atoms with Gasteiger partial charge in [0.25, 0.3) is 5.91 Å². The van der Waals surface area contributed by atoms with Gasteiger partial charge >= 0.3 is 0 Å². The van der Waals surface area contributed by atoms with E-state index < -0.39 is 0 Å². The number of carbonyl (C=O) groups is 1. The number of amides is 1. The summed E-state index contributed by atoms with van der Waals surface area (Å²) >= 11 is 1.58. The van der Waals surface area contributed by atoms with Crippen LogP contribution in [0, 0.1) is 6.92 Å². The van der Waals surface area contributed by atoms with Gasteiger partial charge in [-0.1, -0.05) is 11.3 Å². The molecule has 1 saturated heterocycles. The van der Waals surface area contributed by atoms with Crippen molar-refractivity contribution in [3.8, 4) is 11.5 Å². The maximum absolute atomic E-state index is 12.8. The van der Waals surface area contributed by atoms with Crippen LogP contribution in [0.25, 0.3) is 4.96 Å². The molecule has 0 bridgehead atoms. The van der Waals surface area contributed by atoms with Gasteiger partial charge in [0.1, 0.15) is 5.01 Å². The van der Waals surface area contributed by atoms with Gasteiger partial charge in [0.05, 0.1) is 14.2 Å². The molecular weight excluding hydrogens is 366 g/mol. The summed E-state index contributed by atoms with van der Waals surface area (Å²) in [5, 5.41) is 13.9. The summed E-state index contributed by atoms with van der Waals surface area (Å²) in [5.74, 6) is 2.35. The number of nitrogens with zero attached hydrogens (tertiary/aromatic N) is 5. The van der Waals surface area contributed by atoms with Crippen molar-refractivity contribution in [3.05, 3.63) is 34.6 Å². The second-order valence-electron chi connectivity index (χ2n) is 6.52. The average molecular weight is 387 g/mol. The number of benzene rings is 1. The Labute approximate surface area is 160 Å². The van der Waals surface area contributed by atoms with Gasteiger partial charge in [-0.15, -0.1) is 10.2 Å². The minimum Gasteiger partial charge on any atom is -0.493 e. The van der Waals surface area contributed by atoms with Crippen LogP contribution in [0.15, 0.2) is 18.2 Å². The molecular formula is C18H21N5O3S. The van der Waals surface area contributed by atoms with E-state index >= 15 is 0 Å². The van der Waals surface area contributed by atoms with Crippen molar-refractivity contribution in [2.75, 3.05) is 27.3 Å². The fourth-order valence-electron chi connectivity index (χ4n) is 3.38. The average Bonchev–Trinajstić information content (AvgIpc) is 3.29. The fourth-order valence-corrected chi connectivity index (χ4v) is 4.43. The van der Waals surface area contributed by atoms with E-state index in [4.69, 9.17) is 9.47 Å². The Morgan fingerprint density at radius 1 is 1.15 bits per heavy atom. The second kappa shape index (κ2) is 7.15. The Morgan fingerprint density at radius 2 is 1.89 bits per heavy atom. The monoisotopic (exact) mass is 387 g/mol. The molecule has 0 atom stereocenters. The van der Waals surface area contributed by atoms with Crippen LogP contribution in [0.3, 0.4) is 0 Å². The Morgan fingerprint density at radius 3 is 2.56 bits per heavy atom. The third-order valence-electron chi connectivity index (χ3n) is 4.92. The first-order valence-corrected chi connectivity index (χ1v) is 9.62. The predicted octanol–water partition coefficient (Wildman–Crippen LogP) is 2.53. The molecule has 1 aliphatic rings. The fraction of sp³-hybridized carbons (Fsp3) is 0.444. The molecule has 142 valence electrons. The molecule has 0 unspecified atom stereocenters. The predicted molar refractivity (Wildman–Crippen MR) is 101 cm³/mol. The zero-order chi connectivity index (χ0) is 19.0. The van der Waals surface area contributed by atoms with E-state index in [2.05, 4.69) is 15.3 Å². The lowest BCUT2D eigenvalue weighted by atomic mass is 9.97. The molecule has 8 nitrogen and oxygen atoms in total. The van der Waals surface area contributed by atoms with Gasteiger partial charge in [0.15, 0.2) is 17.3 Å². The first-order chi connectivity index (χ1) is 13.1. The lowest BCUT2D eigenvalue weighted by Crippen LogP contribution is -2.37. The number of piperidine rings is 1. The molecule has 1 aromatic carbocycles. The zero-order valence-corrected chi connectivity index (χ0v) is 16.3. The van der Waals surface area contributed by atoms with Gasteiger partial charge in [0, 0.05) is 24.6 Å². The number of aryl methyl sites for hydroxylation is 1. The summed E-state index contributed by atoms with van der Waals surface area (Å²) < 4.78 is 12.3. The molecule has 9 heteroatoms. The minimum absolute atomic E-state index is 0.0170. The van der Waals surface area contributed by atoms with Crippen LogP contribution in [0.5, 0.6) is 11.5 Å². The van der Waals surface area contributed by atoms with Gasteiger partial charge in [0.2, 0.25) is 4.96 Å². The van der Waals surface area contributed by atoms with E-state index in [0.29, 0.717) is 36.1 Å². The van der Waals surface area contributed by atoms with Gasteiger partial charge in [-0.05, 0) is 38.0 Å². The highest BCUT2D eigenvalue weighted by Crippen LogP contribution is 2.32. The smallest absolute Gasteiger partial charge is 0.253 e. The van der Waals surface area contributed by atoms with E-state index in [1.807, 2.05) is 11.8 Å². The third kappa shape index (κ3) is 3.23. The second-order valence-corrected chi connectivity index (χ2v) is 7.51. The van der Waals surface area contributed by atoms with Crippen molar-refractivity contribution in [2.45, 2.75) is 25.7 Å². The van der Waals surface area contributed by atoms with E-state index in [0.717, 1.165) is 28.6 Å². The van der Waals surface area contributed by atoms with Crippen molar-refractivity contribution in [2.24, 2.45) is 0 Å². The molecule has 1 fully saturated rings. The maximum Gasteiger partial charge on any atom is 0.253 e. The van der Waals surface area contributed by atoms with Crippen LogP contribution in [-0.2, 0) is 0 Å². The normalized spacial score (nSPS) is 15.3. The van der Waals surface area contributed by atoms with Gasteiger partial charge in [-0.3, -0.25) is 4.79 Å². The summed E-state index contributed by atoms with van der Waals surface area (Å²) in [6.07, 6.45) is 1.78. The molecule has 0 spiro atoms. The third-order valence-corrected chi connectivity index (χ3v) is 5.99. The van der Waals surface area contributed by atoms with Crippen molar-refractivity contribution in [1.82, 2.24) is 24.7 Å². The lowest BCUT2D eigenvalue weighted by Gasteiger charge is -2.31. The number of fused-ring (bicyclic) bond motifs is 1. The highest BCUT2D eigenvalue weighted by atomic mass is 32.1. The number of hydrogen-bond donors (Lipinski definition) is 0. The van der Waals surface area contributed by atoms with Gasteiger partial charge < -0.3 is 14.4 Å². The van der Waals surface area contributed by atoms with Crippen molar-refractivity contribution in [1.29, 1.82) is 0 Å². The Kier molecular flexibility index (Phi) is 4.69. The van der Waals surface area contributed by atoms with Crippen molar-refractivity contribution < 1.29 is 14.3 Å². The van der Waals surface area contributed by atoms with E-state index in [1.54, 1.807) is 48.3 Å². The van der Waals surface area contributed by atoms with Crippen molar-refractivity contribution in [3.63, 3.8) is 0 Å². The van der Waals surface area contributed by atoms with Crippen LogP contribution < -0.4 is 9.47 Å². The largest absolute Gasteiger partial charge is 0.493 e. The minimum atomic E-state index is 0.0170.